The summed E-state index contributed by atoms with van der Waals surface area (Å²) in [5, 5.41) is 14.8. The maximum Gasteiger partial charge on any atom is 0.260 e. The molecule has 1 saturated heterocycles. The van der Waals surface area contributed by atoms with Crippen molar-refractivity contribution in [2.24, 2.45) is 10.6 Å². The third-order valence-corrected chi connectivity index (χ3v) is 7.34. The maximum atomic E-state index is 14.1. The summed E-state index contributed by atoms with van der Waals surface area (Å²) in [6.45, 7) is 2.02. The van der Waals surface area contributed by atoms with E-state index in [4.69, 9.17) is 9.57 Å². The first kappa shape index (κ1) is 22.7. The molecule has 1 saturated carbocycles. The summed E-state index contributed by atoms with van der Waals surface area (Å²) in [4.78, 5) is 12.0. The van der Waals surface area contributed by atoms with Gasteiger partial charge in [-0.3, -0.25) is 0 Å². The Kier molecular flexibility index (Phi) is 5.15. The van der Waals surface area contributed by atoms with Gasteiger partial charge in [-0.1, -0.05) is 11.2 Å². The molecule has 2 aliphatic heterocycles. The average Bonchev–Trinajstić information content (AvgIpc) is 3.27. The second-order valence-corrected chi connectivity index (χ2v) is 9.89. The number of aryl methyl sites for hydroxylation is 1. The Hall–Kier alpha value is -3.72. The van der Waals surface area contributed by atoms with Gasteiger partial charge in [-0.25, -0.2) is 13.8 Å². The Morgan fingerprint density at radius 3 is 2.58 bits per heavy atom. The van der Waals surface area contributed by atoms with E-state index in [9.17, 15) is 13.9 Å². The van der Waals surface area contributed by atoms with Crippen LogP contribution in [0.4, 0.5) is 8.78 Å². The Morgan fingerprint density at radius 2 is 1.94 bits per heavy atom. The molecule has 0 bridgehead atoms. The van der Waals surface area contributed by atoms with E-state index < -0.39 is 24.0 Å². The molecule has 0 radical (unpaired) electrons. The summed E-state index contributed by atoms with van der Waals surface area (Å²) in [6.07, 6.45) is 8.56. The predicted molar refractivity (Wildman–Crippen MR) is 129 cm³/mol. The maximum absolute atomic E-state index is 14.1. The molecule has 6 rings (SSSR count). The minimum Gasteiger partial charge on any atom is -0.495 e. The van der Waals surface area contributed by atoms with Gasteiger partial charge >= 0.3 is 0 Å². The minimum atomic E-state index is -1.48. The lowest BCUT2D eigenvalue weighted by Crippen LogP contribution is -2.53. The van der Waals surface area contributed by atoms with E-state index in [-0.39, 0.29) is 11.0 Å². The fourth-order valence-electron chi connectivity index (χ4n) is 5.27. The number of benzene rings is 2. The highest BCUT2D eigenvalue weighted by atomic mass is 19.1. The molecule has 0 amide bonds. The number of piperidine rings is 1. The monoisotopic (exact) mass is 492 g/mol. The molecule has 1 N–H and O–H groups in total. The number of hydrogen-bond acceptors (Lipinski definition) is 6. The Labute approximate surface area is 207 Å². The highest BCUT2D eigenvalue weighted by molar-refractivity contribution is 6.04. The first-order valence-corrected chi connectivity index (χ1v) is 11.9. The number of rotatable bonds is 5. The normalized spacial score (nSPS) is 23.0. The fraction of sp³-hybridized carbons (Fsp3) is 0.333. The lowest BCUT2D eigenvalue weighted by atomic mass is 9.86. The van der Waals surface area contributed by atoms with Crippen LogP contribution in [0.5, 0.6) is 5.75 Å². The summed E-state index contributed by atoms with van der Waals surface area (Å²) in [7, 11) is 1.63. The van der Waals surface area contributed by atoms with Crippen molar-refractivity contribution in [2.75, 3.05) is 20.3 Å². The van der Waals surface area contributed by atoms with Crippen molar-refractivity contribution in [2.45, 2.75) is 31.9 Å². The number of nitrogens with zero attached hydrogens (tertiary/aromatic N) is 4. The van der Waals surface area contributed by atoms with Crippen LogP contribution in [-0.4, -0.2) is 45.7 Å². The molecule has 1 spiro atoms. The zero-order chi connectivity index (χ0) is 25.1. The molecule has 3 aliphatic rings. The number of oxime groups is 1. The molecule has 36 heavy (non-hydrogen) atoms. The molecule has 2 aromatic carbocycles. The zero-order valence-corrected chi connectivity index (χ0v) is 20.0. The summed E-state index contributed by atoms with van der Waals surface area (Å²) in [6, 6.07) is 9.11. The molecule has 1 unspecified atom stereocenters. The quantitative estimate of drug-likeness (QED) is 0.567. The smallest absolute Gasteiger partial charge is 0.260 e. The minimum absolute atomic E-state index is 0.0171. The number of hydrogen-bond donors (Lipinski definition) is 1. The number of ether oxygens (including phenoxy) is 1. The Bertz CT molecular complexity index is 1390. The Morgan fingerprint density at radius 1 is 1.17 bits per heavy atom. The predicted octanol–water partition coefficient (Wildman–Crippen LogP) is 4.53. The number of amidine groups is 1. The van der Waals surface area contributed by atoms with Crippen LogP contribution in [0.2, 0.25) is 0 Å². The van der Waals surface area contributed by atoms with Crippen molar-refractivity contribution >= 4 is 11.9 Å². The third-order valence-electron chi connectivity index (χ3n) is 7.34. The van der Waals surface area contributed by atoms with Gasteiger partial charge in [0.25, 0.3) is 5.72 Å². The number of aliphatic hydroxyl groups is 1. The second-order valence-electron chi connectivity index (χ2n) is 9.89. The highest BCUT2D eigenvalue weighted by Crippen LogP contribution is 2.57. The van der Waals surface area contributed by atoms with Crippen LogP contribution in [-0.2, 0) is 10.6 Å². The summed E-state index contributed by atoms with van der Waals surface area (Å²) < 4.78 is 35.8. The molecule has 3 aromatic rings. The van der Waals surface area contributed by atoms with Crippen LogP contribution >= 0.6 is 0 Å². The molecule has 1 aliphatic carbocycles. The first-order valence-electron chi connectivity index (χ1n) is 11.9. The standard InChI is InChI=1S/C27H26F2N4O3/c1-17-13-32(16-30-17)23-4-3-18(8-24(23)35-2)7-19-12-26(5-6-26)14-33-25(19)31-36-27(33,15-34)20-9-21(28)11-22(29)10-20/h3-4,7-11,13,16,34H,5-6,12,14-15H2,1-2H3. The van der Waals surface area contributed by atoms with E-state index in [1.54, 1.807) is 13.4 Å². The van der Waals surface area contributed by atoms with Crippen LogP contribution in [0.3, 0.4) is 0 Å². The van der Waals surface area contributed by atoms with E-state index in [0.717, 1.165) is 47.8 Å². The average molecular weight is 493 g/mol. The molecule has 7 nitrogen and oxygen atoms in total. The van der Waals surface area contributed by atoms with Gasteiger partial charge in [-0.05, 0) is 73.1 Å². The topological polar surface area (TPSA) is 72.1 Å². The largest absolute Gasteiger partial charge is 0.495 e. The highest BCUT2D eigenvalue weighted by Gasteiger charge is 2.58. The van der Waals surface area contributed by atoms with Gasteiger partial charge in [0.2, 0.25) is 0 Å². The lowest BCUT2D eigenvalue weighted by Gasteiger charge is -2.42. The second kappa shape index (κ2) is 8.16. The van der Waals surface area contributed by atoms with Crippen molar-refractivity contribution in [3.63, 3.8) is 0 Å². The summed E-state index contributed by atoms with van der Waals surface area (Å²) in [5.74, 6) is -0.201. The fourth-order valence-corrected chi connectivity index (χ4v) is 5.27. The summed E-state index contributed by atoms with van der Waals surface area (Å²) >= 11 is 0. The molecule has 9 heteroatoms. The molecule has 2 fully saturated rings. The molecule has 1 aromatic heterocycles. The molecule has 3 heterocycles. The van der Waals surface area contributed by atoms with Crippen LogP contribution in [0.25, 0.3) is 11.8 Å². The van der Waals surface area contributed by atoms with Crippen molar-refractivity contribution in [3.8, 4) is 11.4 Å². The van der Waals surface area contributed by atoms with Crippen LogP contribution in [0.1, 0.15) is 36.1 Å². The van der Waals surface area contributed by atoms with E-state index >= 15 is 0 Å². The van der Waals surface area contributed by atoms with Crippen LogP contribution in [0.15, 0.2) is 59.7 Å². The van der Waals surface area contributed by atoms with Gasteiger partial charge < -0.3 is 24.1 Å². The van der Waals surface area contributed by atoms with Crippen LogP contribution < -0.4 is 4.74 Å². The van der Waals surface area contributed by atoms with Crippen molar-refractivity contribution < 1.29 is 23.5 Å². The van der Waals surface area contributed by atoms with Crippen LogP contribution in [0, 0.1) is 24.0 Å². The van der Waals surface area contributed by atoms with Gasteiger partial charge in [0.15, 0.2) is 5.84 Å². The SMILES string of the molecule is COc1cc(C=C2CC3(CC3)CN3C2=NOC3(CO)c2cc(F)cc(F)c2)ccc1-n1cnc(C)c1. The Balaban J connectivity index is 1.39. The third kappa shape index (κ3) is 3.65. The molecule has 1 atom stereocenters. The van der Waals surface area contributed by atoms with Gasteiger partial charge in [-0.2, -0.15) is 0 Å². The zero-order valence-electron chi connectivity index (χ0n) is 20.0. The first-order chi connectivity index (χ1) is 17.3. The summed E-state index contributed by atoms with van der Waals surface area (Å²) in [5.41, 5.74) is 2.38. The van der Waals surface area contributed by atoms with Crippen molar-refractivity contribution in [1.82, 2.24) is 14.5 Å². The number of imidazole rings is 1. The number of aromatic nitrogens is 2. The van der Waals surface area contributed by atoms with E-state index in [0.29, 0.717) is 18.1 Å². The molecule has 186 valence electrons. The van der Waals surface area contributed by atoms with Gasteiger partial charge in [0, 0.05) is 24.4 Å². The van der Waals surface area contributed by atoms with E-state index in [1.807, 2.05) is 46.9 Å². The molecular weight excluding hydrogens is 466 g/mol. The number of fused-ring (bicyclic) bond motifs is 1. The van der Waals surface area contributed by atoms with Gasteiger partial charge in [0.1, 0.15) is 24.0 Å². The van der Waals surface area contributed by atoms with Crippen molar-refractivity contribution in [1.29, 1.82) is 0 Å². The number of halogens is 2. The van der Waals surface area contributed by atoms with Gasteiger partial charge in [0.05, 0.1) is 24.8 Å². The number of aliphatic hydroxyl groups excluding tert-OH is 1. The lowest BCUT2D eigenvalue weighted by molar-refractivity contribution is -0.141. The van der Waals surface area contributed by atoms with Crippen molar-refractivity contribution in [3.05, 3.63) is 83.0 Å². The van der Waals surface area contributed by atoms with Gasteiger partial charge in [-0.15, -0.1) is 0 Å². The van der Waals surface area contributed by atoms with E-state index in [2.05, 4.69) is 10.1 Å². The molecular formula is C27H26F2N4O3. The van der Waals surface area contributed by atoms with E-state index in [1.165, 1.54) is 12.1 Å². The number of methoxy groups -OCH3 is 1.